The van der Waals surface area contributed by atoms with Gasteiger partial charge in [0.2, 0.25) is 0 Å². The number of fused-ring (bicyclic) bond motifs is 1. The molecule has 2 aliphatic rings. The van der Waals surface area contributed by atoms with Crippen LogP contribution in [0.1, 0.15) is 29.1 Å². The number of aryl methyl sites for hydroxylation is 1. The molecule has 2 heterocycles. The van der Waals surface area contributed by atoms with Gasteiger partial charge in [0.05, 0.1) is 6.10 Å². The highest BCUT2D eigenvalue weighted by Crippen LogP contribution is 2.38. The lowest BCUT2D eigenvalue weighted by Gasteiger charge is -2.35. The van der Waals surface area contributed by atoms with Crippen molar-refractivity contribution in [3.05, 3.63) is 47.6 Å². The third kappa shape index (κ3) is 3.31. The van der Waals surface area contributed by atoms with Crippen molar-refractivity contribution in [2.45, 2.75) is 32.0 Å². The van der Waals surface area contributed by atoms with E-state index in [0.29, 0.717) is 43.1 Å². The molecule has 4 atom stereocenters. The number of rotatable bonds is 3. The summed E-state index contributed by atoms with van der Waals surface area (Å²) in [6.45, 7) is 2.97. The predicted molar refractivity (Wildman–Crippen MR) is 90.2 cm³/mol. The van der Waals surface area contributed by atoms with Crippen LogP contribution in [0, 0.1) is 24.6 Å². The Morgan fingerprint density at radius 2 is 1.96 bits per heavy atom. The monoisotopic (exact) mass is 360 g/mol. The third-order valence-corrected chi connectivity index (χ3v) is 5.32. The van der Waals surface area contributed by atoms with E-state index in [-0.39, 0.29) is 29.7 Å². The normalized spacial score (nSPS) is 28.0. The summed E-state index contributed by atoms with van der Waals surface area (Å²) in [5.74, 6) is 1.19. The predicted octanol–water partition coefficient (Wildman–Crippen LogP) is 2.41. The molecule has 6 nitrogen and oxygen atoms in total. The summed E-state index contributed by atoms with van der Waals surface area (Å²) in [5.41, 5.74) is 0.320. The zero-order valence-electron chi connectivity index (χ0n) is 14.5. The molecule has 1 saturated heterocycles. The van der Waals surface area contributed by atoms with Crippen LogP contribution in [0.15, 0.2) is 34.9 Å². The lowest BCUT2D eigenvalue weighted by molar-refractivity contribution is -0.0231. The van der Waals surface area contributed by atoms with E-state index < -0.39 is 6.10 Å². The summed E-state index contributed by atoms with van der Waals surface area (Å²) < 4.78 is 23.9. The molecular weight excluding hydrogens is 339 g/mol. The molecule has 2 aromatic rings. The largest absolute Gasteiger partial charge is 0.488 e. The van der Waals surface area contributed by atoms with Crippen molar-refractivity contribution in [1.29, 1.82) is 0 Å². The van der Waals surface area contributed by atoms with Crippen LogP contribution in [0.25, 0.3) is 0 Å². The molecule has 1 saturated carbocycles. The highest BCUT2D eigenvalue weighted by Gasteiger charge is 2.44. The highest BCUT2D eigenvalue weighted by molar-refractivity contribution is 5.92. The second kappa shape index (κ2) is 6.72. The number of likely N-dealkylation sites (tertiary alicyclic amines) is 1. The molecule has 2 fully saturated rings. The number of amides is 1. The number of carbonyl (C=O) groups excluding carboxylic acids is 1. The van der Waals surface area contributed by atoms with Gasteiger partial charge in [-0.05, 0) is 55.9 Å². The third-order valence-electron chi connectivity index (χ3n) is 5.32. The lowest BCUT2D eigenvalue weighted by atomic mass is 9.78. The zero-order valence-corrected chi connectivity index (χ0v) is 14.5. The van der Waals surface area contributed by atoms with Gasteiger partial charge < -0.3 is 19.3 Å². The molecular formula is C19H21FN2O4. The number of halogens is 1. The number of benzene rings is 1. The van der Waals surface area contributed by atoms with Gasteiger partial charge in [-0.1, -0.05) is 5.16 Å². The Bertz CT molecular complexity index is 791. The van der Waals surface area contributed by atoms with Crippen LogP contribution in [0.2, 0.25) is 0 Å². The van der Waals surface area contributed by atoms with E-state index in [1.165, 1.54) is 12.1 Å². The number of carbonyl (C=O) groups is 1. The van der Waals surface area contributed by atoms with Crippen molar-refractivity contribution in [2.24, 2.45) is 11.8 Å². The van der Waals surface area contributed by atoms with E-state index in [0.717, 1.165) is 0 Å². The molecule has 1 aromatic heterocycles. The Morgan fingerprint density at radius 3 is 2.62 bits per heavy atom. The number of ether oxygens (including phenoxy) is 1. The Morgan fingerprint density at radius 1 is 1.27 bits per heavy atom. The number of aliphatic hydroxyl groups is 1. The van der Waals surface area contributed by atoms with Crippen LogP contribution >= 0.6 is 0 Å². The summed E-state index contributed by atoms with van der Waals surface area (Å²) in [6.07, 6.45) is 0.278. The fourth-order valence-electron chi connectivity index (χ4n) is 4.00. The van der Waals surface area contributed by atoms with Gasteiger partial charge in [-0.3, -0.25) is 4.79 Å². The summed E-state index contributed by atoms with van der Waals surface area (Å²) in [5, 5.41) is 14.2. The molecule has 1 amide bonds. The van der Waals surface area contributed by atoms with Crippen molar-refractivity contribution >= 4 is 5.91 Å². The molecule has 0 bridgehead atoms. The summed E-state index contributed by atoms with van der Waals surface area (Å²) >= 11 is 0. The maximum absolute atomic E-state index is 13.0. The Labute approximate surface area is 150 Å². The van der Waals surface area contributed by atoms with Gasteiger partial charge in [-0.2, -0.15) is 0 Å². The van der Waals surface area contributed by atoms with Gasteiger partial charge in [0.25, 0.3) is 5.91 Å². The first-order valence-corrected chi connectivity index (χ1v) is 8.82. The van der Waals surface area contributed by atoms with Crippen molar-refractivity contribution in [2.75, 3.05) is 13.1 Å². The zero-order chi connectivity index (χ0) is 18.3. The summed E-state index contributed by atoms with van der Waals surface area (Å²) in [4.78, 5) is 14.3. The van der Waals surface area contributed by atoms with Crippen molar-refractivity contribution in [3.63, 3.8) is 0 Å². The number of aromatic nitrogens is 1. The Balaban J connectivity index is 1.41. The van der Waals surface area contributed by atoms with Crippen LogP contribution in [0.5, 0.6) is 5.75 Å². The molecule has 0 radical (unpaired) electrons. The quantitative estimate of drug-likeness (QED) is 0.910. The maximum atomic E-state index is 13.0. The molecule has 1 N–H and O–H groups in total. The molecule has 26 heavy (non-hydrogen) atoms. The molecule has 1 aliphatic heterocycles. The topological polar surface area (TPSA) is 75.8 Å². The molecule has 4 rings (SSSR count). The smallest absolute Gasteiger partial charge is 0.276 e. The minimum atomic E-state index is -0.606. The van der Waals surface area contributed by atoms with E-state index in [1.807, 2.05) is 0 Å². The summed E-state index contributed by atoms with van der Waals surface area (Å²) in [6, 6.07) is 7.43. The second-order valence-electron chi connectivity index (χ2n) is 7.20. The average Bonchev–Trinajstić information content (AvgIpc) is 3.22. The Kier molecular flexibility index (Phi) is 4.40. The number of hydrogen-bond donors (Lipinski definition) is 1. The van der Waals surface area contributed by atoms with E-state index in [4.69, 9.17) is 9.26 Å². The van der Waals surface area contributed by atoms with Crippen molar-refractivity contribution in [1.82, 2.24) is 10.1 Å². The van der Waals surface area contributed by atoms with E-state index in [9.17, 15) is 14.3 Å². The second-order valence-corrected chi connectivity index (χ2v) is 7.20. The fraction of sp³-hybridized carbons (Fsp3) is 0.474. The van der Waals surface area contributed by atoms with Gasteiger partial charge >= 0.3 is 0 Å². The SMILES string of the molecule is Cc1cc(C(=O)N2C[C@H]3C[C@@H](Oc4ccc(F)cc4)[C@H](O)C[C@H]3C2)no1. The minimum absolute atomic E-state index is 0.137. The maximum Gasteiger partial charge on any atom is 0.276 e. The van der Waals surface area contributed by atoms with Gasteiger partial charge in [0.15, 0.2) is 5.69 Å². The molecule has 1 aliphatic carbocycles. The molecule has 138 valence electrons. The first-order chi connectivity index (χ1) is 12.5. The first-order valence-electron chi connectivity index (χ1n) is 8.82. The number of nitrogens with zero attached hydrogens (tertiary/aromatic N) is 2. The standard InChI is InChI=1S/C19H21FN2O4/c1-11-6-16(21-26-11)19(24)22-9-12-7-17(23)18(8-13(12)10-22)25-15-4-2-14(20)3-5-15/h2-6,12-13,17-18,23H,7-10H2,1H3/t12-,13+,17+,18+/m0/s1. The highest BCUT2D eigenvalue weighted by atomic mass is 19.1. The van der Waals surface area contributed by atoms with Crippen LogP contribution in [0.4, 0.5) is 4.39 Å². The van der Waals surface area contributed by atoms with E-state index >= 15 is 0 Å². The molecule has 0 unspecified atom stereocenters. The number of hydrogen-bond acceptors (Lipinski definition) is 5. The van der Waals surface area contributed by atoms with E-state index in [2.05, 4.69) is 5.16 Å². The van der Waals surface area contributed by atoms with Crippen molar-refractivity contribution in [3.8, 4) is 5.75 Å². The molecule has 0 spiro atoms. The van der Waals surface area contributed by atoms with Crippen LogP contribution in [-0.2, 0) is 0 Å². The Hall–Kier alpha value is -2.41. The van der Waals surface area contributed by atoms with Gasteiger partial charge in [-0.15, -0.1) is 0 Å². The fourth-order valence-corrected chi connectivity index (χ4v) is 4.00. The minimum Gasteiger partial charge on any atom is -0.488 e. The van der Waals surface area contributed by atoms with Gasteiger partial charge in [-0.25, -0.2) is 4.39 Å². The molecule has 7 heteroatoms. The van der Waals surface area contributed by atoms with E-state index in [1.54, 1.807) is 30.0 Å². The van der Waals surface area contributed by atoms with Crippen LogP contribution in [0.3, 0.4) is 0 Å². The summed E-state index contributed by atoms with van der Waals surface area (Å²) in [7, 11) is 0. The van der Waals surface area contributed by atoms with Crippen LogP contribution in [-0.4, -0.2) is 46.4 Å². The van der Waals surface area contributed by atoms with Gasteiger partial charge in [0.1, 0.15) is 23.4 Å². The van der Waals surface area contributed by atoms with Gasteiger partial charge in [0, 0.05) is 19.2 Å². The van der Waals surface area contributed by atoms with Crippen molar-refractivity contribution < 1.29 is 23.6 Å². The molecule has 1 aromatic carbocycles. The van der Waals surface area contributed by atoms with Crippen LogP contribution < -0.4 is 4.74 Å². The number of aliphatic hydroxyl groups excluding tert-OH is 1. The lowest BCUT2D eigenvalue weighted by Crippen LogP contribution is -2.42. The first kappa shape index (κ1) is 17.0. The average molecular weight is 360 g/mol.